The van der Waals surface area contributed by atoms with Gasteiger partial charge in [0.2, 0.25) is 5.91 Å². The fourth-order valence-electron chi connectivity index (χ4n) is 2.92. The molecule has 1 aromatic carbocycles. The van der Waals surface area contributed by atoms with Crippen LogP contribution in [0.15, 0.2) is 41.2 Å². The Hall–Kier alpha value is -3.13. The number of anilines is 2. The standard InChI is InChI=1S/C19H21N3O5/c1-12-4-5-14(9-15(12)22-7-2-3-17(22)24)21-19(26)18(25)20-10-16(23)13-6-8-27-11-13/h4-6,8-9,11,16,23H,2-3,7,10H2,1H3,(H,20,25)(H,21,26). The summed E-state index contributed by atoms with van der Waals surface area (Å²) in [5.41, 5.74) is 2.57. The highest BCUT2D eigenvalue weighted by molar-refractivity contribution is 6.39. The number of aryl methyl sites for hydroxylation is 1. The van der Waals surface area contributed by atoms with Crippen molar-refractivity contribution in [2.45, 2.75) is 25.9 Å². The molecular weight excluding hydrogens is 350 g/mol. The van der Waals surface area contributed by atoms with Crippen LogP contribution in [0, 0.1) is 6.92 Å². The molecule has 0 saturated carbocycles. The van der Waals surface area contributed by atoms with Crippen molar-refractivity contribution in [2.75, 3.05) is 23.3 Å². The van der Waals surface area contributed by atoms with Crippen molar-refractivity contribution in [3.8, 4) is 0 Å². The number of aliphatic hydroxyl groups is 1. The highest BCUT2D eigenvalue weighted by atomic mass is 16.3. The predicted molar refractivity (Wildman–Crippen MR) is 98.1 cm³/mol. The van der Waals surface area contributed by atoms with E-state index < -0.39 is 17.9 Å². The van der Waals surface area contributed by atoms with E-state index in [1.165, 1.54) is 12.5 Å². The normalized spacial score (nSPS) is 14.9. The molecule has 8 nitrogen and oxygen atoms in total. The lowest BCUT2D eigenvalue weighted by atomic mass is 10.1. The van der Waals surface area contributed by atoms with E-state index in [4.69, 9.17) is 4.42 Å². The van der Waals surface area contributed by atoms with Crippen molar-refractivity contribution >= 4 is 29.1 Å². The van der Waals surface area contributed by atoms with Gasteiger partial charge in [-0.2, -0.15) is 0 Å². The average Bonchev–Trinajstić information content (AvgIpc) is 3.32. The average molecular weight is 371 g/mol. The van der Waals surface area contributed by atoms with Crippen LogP contribution in [0.4, 0.5) is 11.4 Å². The second-order valence-corrected chi connectivity index (χ2v) is 6.39. The Morgan fingerprint density at radius 2 is 2.11 bits per heavy atom. The molecule has 3 amide bonds. The maximum atomic E-state index is 12.1. The number of rotatable bonds is 5. The van der Waals surface area contributed by atoms with E-state index >= 15 is 0 Å². The van der Waals surface area contributed by atoms with Gasteiger partial charge in [-0.25, -0.2) is 0 Å². The van der Waals surface area contributed by atoms with Gasteiger partial charge in [0.05, 0.1) is 18.6 Å². The maximum Gasteiger partial charge on any atom is 0.313 e. The van der Waals surface area contributed by atoms with Crippen molar-refractivity contribution < 1.29 is 23.9 Å². The number of hydrogen-bond donors (Lipinski definition) is 3. The molecule has 1 fully saturated rings. The van der Waals surface area contributed by atoms with E-state index in [1.807, 2.05) is 6.92 Å². The molecule has 0 aliphatic carbocycles. The van der Waals surface area contributed by atoms with Gasteiger partial charge >= 0.3 is 11.8 Å². The summed E-state index contributed by atoms with van der Waals surface area (Å²) < 4.78 is 4.86. The van der Waals surface area contributed by atoms with Crippen molar-refractivity contribution in [1.82, 2.24) is 5.32 Å². The van der Waals surface area contributed by atoms with Crippen LogP contribution in [-0.2, 0) is 14.4 Å². The molecule has 0 spiro atoms. The van der Waals surface area contributed by atoms with Crippen LogP contribution in [0.5, 0.6) is 0 Å². The molecule has 0 bridgehead atoms. The summed E-state index contributed by atoms with van der Waals surface area (Å²) in [5.74, 6) is -1.67. The molecule has 3 rings (SSSR count). The minimum absolute atomic E-state index is 0.0487. The van der Waals surface area contributed by atoms with Crippen LogP contribution in [0.2, 0.25) is 0 Å². The van der Waals surface area contributed by atoms with E-state index in [2.05, 4.69) is 10.6 Å². The Morgan fingerprint density at radius 3 is 2.78 bits per heavy atom. The van der Waals surface area contributed by atoms with Crippen molar-refractivity contribution in [2.24, 2.45) is 0 Å². The number of furan rings is 1. The van der Waals surface area contributed by atoms with Crippen LogP contribution in [-0.4, -0.2) is 35.9 Å². The minimum atomic E-state index is -0.965. The van der Waals surface area contributed by atoms with Crippen LogP contribution in [0.25, 0.3) is 0 Å². The van der Waals surface area contributed by atoms with Gasteiger partial charge in [0, 0.05) is 36.4 Å². The molecule has 1 atom stereocenters. The zero-order chi connectivity index (χ0) is 19.4. The third-order valence-corrected chi connectivity index (χ3v) is 4.42. The molecule has 2 heterocycles. The number of hydrogen-bond acceptors (Lipinski definition) is 5. The van der Waals surface area contributed by atoms with Crippen molar-refractivity contribution in [3.05, 3.63) is 47.9 Å². The van der Waals surface area contributed by atoms with E-state index in [-0.39, 0.29) is 12.5 Å². The Morgan fingerprint density at radius 1 is 1.30 bits per heavy atom. The molecule has 1 aliphatic heterocycles. The third-order valence-electron chi connectivity index (χ3n) is 4.42. The molecule has 0 radical (unpaired) electrons. The van der Waals surface area contributed by atoms with Gasteiger partial charge in [-0.3, -0.25) is 14.4 Å². The summed E-state index contributed by atoms with van der Waals surface area (Å²) in [5, 5.41) is 14.8. The first-order chi connectivity index (χ1) is 13.0. The van der Waals surface area contributed by atoms with Gasteiger partial charge in [-0.05, 0) is 37.1 Å². The Labute approximate surface area is 156 Å². The van der Waals surface area contributed by atoms with Crippen molar-refractivity contribution in [3.63, 3.8) is 0 Å². The van der Waals surface area contributed by atoms with E-state index in [0.717, 1.165) is 17.7 Å². The lowest BCUT2D eigenvalue weighted by molar-refractivity contribution is -0.136. The first-order valence-electron chi connectivity index (χ1n) is 8.66. The van der Waals surface area contributed by atoms with E-state index in [1.54, 1.807) is 29.2 Å². The second-order valence-electron chi connectivity index (χ2n) is 6.39. The lowest BCUT2D eigenvalue weighted by Gasteiger charge is -2.19. The molecule has 3 N–H and O–H groups in total. The van der Waals surface area contributed by atoms with Gasteiger partial charge in [-0.1, -0.05) is 6.07 Å². The number of carbonyl (C=O) groups is 3. The van der Waals surface area contributed by atoms with Gasteiger partial charge in [0.15, 0.2) is 0 Å². The third kappa shape index (κ3) is 4.35. The summed E-state index contributed by atoms with van der Waals surface area (Å²) in [7, 11) is 0. The Bertz CT molecular complexity index is 847. The van der Waals surface area contributed by atoms with E-state index in [9.17, 15) is 19.5 Å². The molecule has 1 aliphatic rings. The quantitative estimate of drug-likeness (QED) is 0.690. The minimum Gasteiger partial charge on any atom is -0.472 e. The maximum absolute atomic E-state index is 12.1. The monoisotopic (exact) mass is 371 g/mol. The second kappa shape index (κ2) is 8.05. The summed E-state index contributed by atoms with van der Waals surface area (Å²) >= 11 is 0. The summed E-state index contributed by atoms with van der Waals surface area (Å²) in [4.78, 5) is 37.7. The summed E-state index contributed by atoms with van der Waals surface area (Å²) in [6, 6.07) is 6.72. The van der Waals surface area contributed by atoms with Gasteiger partial charge in [-0.15, -0.1) is 0 Å². The molecular formula is C19H21N3O5. The molecule has 1 aromatic heterocycles. The molecule has 8 heteroatoms. The molecule has 2 aromatic rings. The highest BCUT2D eigenvalue weighted by Gasteiger charge is 2.24. The van der Waals surface area contributed by atoms with Crippen LogP contribution >= 0.6 is 0 Å². The number of benzene rings is 1. The number of amides is 3. The molecule has 1 unspecified atom stereocenters. The first-order valence-corrected chi connectivity index (χ1v) is 8.66. The molecule has 1 saturated heterocycles. The zero-order valence-corrected chi connectivity index (χ0v) is 14.9. The Kier molecular flexibility index (Phi) is 5.56. The smallest absolute Gasteiger partial charge is 0.313 e. The number of aliphatic hydroxyl groups excluding tert-OH is 1. The predicted octanol–water partition coefficient (Wildman–Crippen LogP) is 1.50. The van der Waals surface area contributed by atoms with Gasteiger partial charge < -0.3 is 25.1 Å². The first kappa shape index (κ1) is 18.7. The number of nitrogens with zero attached hydrogens (tertiary/aromatic N) is 1. The fraction of sp³-hybridized carbons (Fsp3) is 0.316. The topological polar surface area (TPSA) is 112 Å². The Balaban J connectivity index is 1.60. The SMILES string of the molecule is Cc1ccc(NC(=O)C(=O)NCC(O)c2ccoc2)cc1N1CCCC1=O. The van der Waals surface area contributed by atoms with Gasteiger partial charge in [0.1, 0.15) is 0 Å². The summed E-state index contributed by atoms with van der Waals surface area (Å²) in [6.45, 7) is 2.41. The van der Waals surface area contributed by atoms with Gasteiger partial charge in [0.25, 0.3) is 0 Å². The summed E-state index contributed by atoms with van der Waals surface area (Å²) in [6.07, 6.45) is 3.12. The van der Waals surface area contributed by atoms with Crippen LogP contribution in [0.3, 0.4) is 0 Å². The van der Waals surface area contributed by atoms with E-state index in [0.29, 0.717) is 24.2 Å². The largest absolute Gasteiger partial charge is 0.472 e. The highest BCUT2D eigenvalue weighted by Crippen LogP contribution is 2.28. The number of carbonyl (C=O) groups excluding carboxylic acids is 3. The van der Waals surface area contributed by atoms with Crippen molar-refractivity contribution in [1.29, 1.82) is 0 Å². The number of nitrogens with one attached hydrogen (secondary N) is 2. The van der Waals surface area contributed by atoms with Crippen LogP contribution in [0.1, 0.15) is 30.1 Å². The molecule has 142 valence electrons. The fourth-order valence-corrected chi connectivity index (χ4v) is 2.92. The lowest BCUT2D eigenvalue weighted by Crippen LogP contribution is -2.37. The van der Waals surface area contributed by atoms with Crippen LogP contribution < -0.4 is 15.5 Å². The molecule has 27 heavy (non-hydrogen) atoms. The zero-order valence-electron chi connectivity index (χ0n) is 14.9.